The third-order valence-corrected chi connectivity index (χ3v) is 4.74. The molecule has 0 saturated heterocycles. The van der Waals surface area contributed by atoms with E-state index in [1.54, 1.807) is 0 Å². The minimum absolute atomic E-state index is 0. The van der Waals surface area contributed by atoms with Gasteiger partial charge in [-0.3, -0.25) is 0 Å². The van der Waals surface area contributed by atoms with Crippen molar-refractivity contribution in [3.63, 3.8) is 0 Å². The largest absolute Gasteiger partial charge is 0.358 e. The Hall–Kier alpha value is -1.84. The normalized spacial score (nSPS) is 14.9. The van der Waals surface area contributed by atoms with Crippen LogP contribution in [0, 0.1) is 0 Å². The maximum atomic E-state index is 3.79. The molecule has 2 heterocycles. The number of rotatable bonds is 13. The molecule has 0 fully saturated rings. The van der Waals surface area contributed by atoms with E-state index in [2.05, 4.69) is 57.6 Å². The van der Waals surface area contributed by atoms with Gasteiger partial charge in [0.15, 0.2) is 0 Å². The van der Waals surface area contributed by atoms with E-state index in [-0.39, 0.29) is 7.43 Å². The van der Waals surface area contributed by atoms with Crippen LogP contribution in [0.2, 0.25) is 0 Å². The number of hydrogen-bond acceptors (Lipinski definition) is 4. The minimum atomic E-state index is 0. The third kappa shape index (κ3) is 10.8. The summed E-state index contributed by atoms with van der Waals surface area (Å²) in [6.07, 6.45) is 23.2. The summed E-state index contributed by atoms with van der Waals surface area (Å²) in [5.41, 5.74) is 0. The molecule has 0 aliphatic carbocycles. The van der Waals surface area contributed by atoms with E-state index >= 15 is 0 Å². The fourth-order valence-corrected chi connectivity index (χ4v) is 3.19. The Morgan fingerprint density at radius 2 is 0.963 bits per heavy atom. The lowest BCUT2D eigenvalue weighted by molar-refractivity contribution is 0.305. The molecule has 0 amide bonds. The molecule has 4 nitrogen and oxygen atoms in total. The van der Waals surface area contributed by atoms with Gasteiger partial charge in [-0.1, -0.05) is 73.0 Å². The van der Waals surface area contributed by atoms with Gasteiger partial charge in [0.05, 0.1) is 13.3 Å². The quantitative estimate of drug-likeness (QED) is 0.357. The Labute approximate surface area is 169 Å². The van der Waals surface area contributed by atoms with Crippen LogP contribution in [0.1, 0.15) is 72.6 Å². The Morgan fingerprint density at radius 1 is 0.630 bits per heavy atom. The predicted molar refractivity (Wildman–Crippen MR) is 121 cm³/mol. The standard InChI is InChI=1S/C20H34N4.C2H6.CH4/c1-3-21-15-17-23(19-21)13-11-9-7-5-6-8-10-12-14-24-18-16-22(4-2)20-24;1-2;/h3-4,15-18H,1-2,5-14,19-20H2;1-2H3;1H4. The van der Waals surface area contributed by atoms with Crippen molar-refractivity contribution in [2.24, 2.45) is 0 Å². The van der Waals surface area contributed by atoms with Gasteiger partial charge in [-0.2, -0.15) is 0 Å². The average Bonchev–Trinajstić information content (AvgIpc) is 3.34. The van der Waals surface area contributed by atoms with E-state index in [9.17, 15) is 0 Å². The first-order valence-electron chi connectivity index (χ1n) is 10.4. The smallest absolute Gasteiger partial charge is 0.0935 e. The van der Waals surface area contributed by atoms with E-state index in [0.29, 0.717) is 0 Å². The fraction of sp³-hybridized carbons (Fsp3) is 0.652. The Balaban J connectivity index is 0.00000218. The summed E-state index contributed by atoms with van der Waals surface area (Å²) in [5.74, 6) is 0. The number of unbranched alkanes of at least 4 members (excludes halogenated alkanes) is 7. The van der Waals surface area contributed by atoms with Crippen molar-refractivity contribution in [2.45, 2.75) is 72.6 Å². The second-order valence-corrected chi connectivity index (χ2v) is 6.73. The van der Waals surface area contributed by atoms with Crippen molar-refractivity contribution in [1.29, 1.82) is 0 Å². The zero-order valence-corrected chi connectivity index (χ0v) is 17.2. The summed E-state index contributed by atoms with van der Waals surface area (Å²) < 4.78 is 0. The maximum Gasteiger partial charge on any atom is 0.0935 e. The molecule has 0 bridgehead atoms. The van der Waals surface area contributed by atoms with Gasteiger partial charge in [-0.15, -0.1) is 0 Å². The lowest BCUT2D eigenvalue weighted by Crippen LogP contribution is -2.22. The first-order chi connectivity index (χ1) is 12.8. The van der Waals surface area contributed by atoms with E-state index < -0.39 is 0 Å². The van der Waals surface area contributed by atoms with E-state index in [0.717, 1.165) is 13.3 Å². The van der Waals surface area contributed by atoms with Crippen molar-refractivity contribution < 1.29 is 0 Å². The van der Waals surface area contributed by atoms with Gasteiger partial charge in [0, 0.05) is 37.9 Å². The molecule has 2 rings (SSSR count). The summed E-state index contributed by atoms with van der Waals surface area (Å²) in [6.45, 7) is 15.9. The Kier molecular flexibility index (Phi) is 15.2. The first kappa shape index (κ1) is 25.2. The van der Waals surface area contributed by atoms with Gasteiger partial charge in [0.2, 0.25) is 0 Å². The summed E-state index contributed by atoms with van der Waals surface area (Å²) in [5, 5.41) is 0. The summed E-state index contributed by atoms with van der Waals surface area (Å²) in [7, 11) is 0. The molecule has 2 aliphatic heterocycles. The maximum absolute atomic E-state index is 3.79. The average molecular weight is 377 g/mol. The molecule has 27 heavy (non-hydrogen) atoms. The zero-order valence-electron chi connectivity index (χ0n) is 17.2. The lowest BCUT2D eigenvalue weighted by Gasteiger charge is -2.18. The van der Waals surface area contributed by atoms with Crippen molar-refractivity contribution >= 4 is 0 Å². The summed E-state index contributed by atoms with van der Waals surface area (Å²) in [6, 6.07) is 0. The van der Waals surface area contributed by atoms with Gasteiger partial charge >= 0.3 is 0 Å². The van der Waals surface area contributed by atoms with Crippen LogP contribution in [0.3, 0.4) is 0 Å². The van der Waals surface area contributed by atoms with Gasteiger partial charge in [0.1, 0.15) is 0 Å². The van der Waals surface area contributed by atoms with Gasteiger partial charge in [-0.05, 0) is 25.2 Å². The second kappa shape index (κ2) is 16.3. The molecule has 0 N–H and O–H groups in total. The highest BCUT2D eigenvalue weighted by atomic mass is 15.3. The topological polar surface area (TPSA) is 13.0 Å². The highest BCUT2D eigenvalue weighted by Crippen LogP contribution is 2.13. The molecule has 0 radical (unpaired) electrons. The molecule has 156 valence electrons. The van der Waals surface area contributed by atoms with E-state index in [1.807, 2.05) is 26.2 Å². The van der Waals surface area contributed by atoms with Crippen molar-refractivity contribution in [3.8, 4) is 0 Å². The van der Waals surface area contributed by atoms with Gasteiger partial charge < -0.3 is 19.6 Å². The molecule has 4 heteroatoms. The van der Waals surface area contributed by atoms with Gasteiger partial charge in [0.25, 0.3) is 0 Å². The predicted octanol–water partition coefficient (Wildman–Crippen LogP) is 6.15. The zero-order chi connectivity index (χ0) is 19.0. The molecule has 0 unspecified atom stereocenters. The monoisotopic (exact) mass is 376 g/mol. The van der Waals surface area contributed by atoms with Crippen LogP contribution < -0.4 is 0 Å². The highest BCUT2D eigenvalue weighted by molar-refractivity contribution is 4.95. The molecule has 0 spiro atoms. The van der Waals surface area contributed by atoms with E-state index in [4.69, 9.17) is 0 Å². The van der Waals surface area contributed by atoms with Crippen LogP contribution in [0.15, 0.2) is 50.4 Å². The SMILES string of the molecule is C.C=CN1C=CN(CCCCCCCCCCN2C=CN(C=C)C2)C1.CC. The molecule has 0 aromatic heterocycles. The fourth-order valence-electron chi connectivity index (χ4n) is 3.19. The first-order valence-corrected chi connectivity index (χ1v) is 10.4. The van der Waals surface area contributed by atoms with Crippen LogP contribution in [0.25, 0.3) is 0 Å². The molecular weight excluding hydrogens is 332 g/mol. The van der Waals surface area contributed by atoms with Crippen LogP contribution >= 0.6 is 0 Å². The Morgan fingerprint density at radius 3 is 1.26 bits per heavy atom. The summed E-state index contributed by atoms with van der Waals surface area (Å²) >= 11 is 0. The van der Waals surface area contributed by atoms with E-state index in [1.165, 1.54) is 64.5 Å². The molecule has 2 aliphatic rings. The second-order valence-electron chi connectivity index (χ2n) is 6.73. The minimum Gasteiger partial charge on any atom is -0.358 e. The molecule has 0 saturated carbocycles. The van der Waals surface area contributed by atoms with Crippen molar-refractivity contribution in [3.05, 3.63) is 50.4 Å². The molecule has 0 atom stereocenters. The number of hydrogen-bond donors (Lipinski definition) is 0. The van der Waals surface area contributed by atoms with Crippen LogP contribution in [0.4, 0.5) is 0 Å². The lowest BCUT2D eigenvalue weighted by atomic mass is 10.1. The van der Waals surface area contributed by atoms with Crippen LogP contribution in [-0.2, 0) is 0 Å². The van der Waals surface area contributed by atoms with Crippen molar-refractivity contribution in [2.75, 3.05) is 26.4 Å². The Bertz CT molecular complexity index is 390. The van der Waals surface area contributed by atoms with Gasteiger partial charge in [-0.25, -0.2) is 0 Å². The number of nitrogens with zero attached hydrogens (tertiary/aromatic N) is 4. The third-order valence-electron chi connectivity index (χ3n) is 4.74. The molecular formula is C23H44N4. The summed E-state index contributed by atoms with van der Waals surface area (Å²) in [4.78, 5) is 8.96. The van der Waals surface area contributed by atoms with Crippen LogP contribution in [-0.4, -0.2) is 46.0 Å². The van der Waals surface area contributed by atoms with Crippen LogP contribution in [0.5, 0.6) is 0 Å². The van der Waals surface area contributed by atoms with Crippen molar-refractivity contribution in [1.82, 2.24) is 19.6 Å². The molecule has 0 aromatic rings. The highest BCUT2D eigenvalue weighted by Gasteiger charge is 2.09. The molecule has 0 aromatic carbocycles.